The van der Waals surface area contributed by atoms with Gasteiger partial charge in [-0.15, -0.1) is 0 Å². The van der Waals surface area contributed by atoms with E-state index in [1.165, 1.54) is 12.1 Å². The van der Waals surface area contributed by atoms with E-state index >= 15 is 0 Å². The summed E-state index contributed by atoms with van der Waals surface area (Å²) in [5, 5.41) is 11.6. The molecule has 0 radical (unpaired) electrons. The highest BCUT2D eigenvalue weighted by atomic mass is 79.9. The first-order valence-corrected chi connectivity index (χ1v) is 8.34. The number of hydrogen-bond donors (Lipinski definition) is 2. The van der Waals surface area contributed by atoms with Crippen molar-refractivity contribution >= 4 is 39.6 Å². The van der Waals surface area contributed by atoms with E-state index in [0.717, 1.165) is 17.7 Å². The van der Waals surface area contributed by atoms with Gasteiger partial charge in [-0.3, -0.25) is 19.3 Å². The van der Waals surface area contributed by atoms with Crippen LogP contribution in [-0.4, -0.2) is 46.3 Å². The molecular weight excluding hydrogens is 380 g/mol. The smallest absolute Gasteiger partial charge is 0.326 e. The Labute approximate surface area is 146 Å². The van der Waals surface area contributed by atoms with E-state index in [1.807, 2.05) is 0 Å². The van der Waals surface area contributed by atoms with Gasteiger partial charge in [-0.25, -0.2) is 4.79 Å². The molecule has 1 atom stereocenters. The highest BCUT2D eigenvalue weighted by molar-refractivity contribution is 9.10. The van der Waals surface area contributed by atoms with Crippen molar-refractivity contribution in [1.82, 2.24) is 10.2 Å². The van der Waals surface area contributed by atoms with E-state index < -0.39 is 36.3 Å². The van der Waals surface area contributed by atoms with Gasteiger partial charge < -0.3 is 10.4 Å². The molecule has 7 nitrogen and oxygen atoms in total. The van der Waals surface area contributed by atoms with Gasteiger partial charge in [0.25, 0.3) is 11.8 Å². The second kappa shape index (κ2) is 6.35. The standard InChI is InChI=1S/C16H15BrN2O5/c17-9-3-4-10-11(6-9)15(22)19(14(10)21)7-13(20)18-12(16(23)24)5-8-1-2-8/h3-4,6,8,12H,1-2,5,7H2,(H,18,20)(H,23,24). The lowest BCUT2D eigenvalue weighted by Crippen LogP contribution is -2.47. The SMILES string of the molecule is O=C(CN1C(=O)c2ccc(Br)cc2C1=O)NC(CC1CC1)C(=O)O. The van der Waals surface area contributed by atoms with E-state index in [-0.39, 0.29) is 11.1 Å². The van der Waals surface area contributed by atoms with Crippen molar-refractivity contribution in [2.75, 3.05) is 6.54 Å². The van der Waals surface area contributed by atoms with Gasteiger partial charge in [0.2, 0.25) is 5.91 Å². The van der Waals surface area contributed by atoms with Crippen LogP contribution in [0.1, 0.15) is 40.0 Å². The van der Waals surface area contributed by atoms with Crippen LogP contribution in [0.4, 0.5) is 0 Å². The Morgan fingerprint density at radius 1 is 1.25 bits per heavy atom. The zero-order valence-corrected chi connectivity index (χ0v) is 14.2. The number of amides is 3. The van der Waals surface area contributed by atoms with Crippen LogP contribution in [-0.2, 0) is 9.59 Å². The average molecular weight is 395 g/mol. The summed E-state index contributed by atoms with van der Waals surface area (Å²) in [5.41, 5.74) is 0.471. The Hall–Kier alpha value is -2.22. The van der Waals surface area contributed by atoms with E-state index in [4.69, 9.17) is 5.11 Å². The van der Waals surface area contributed by atoms with E-state index in [2.05, 4.69) is 21.2 Å². The minimum atomic E-state index is -1.11. The molecule has 1 heterocycles. The number of nitrogens with one attached hydrogen (secondary N) is 1. The monoisotopic (exact) mass is 394 g/mol. The van der Waals surface area contributed by atoms with E-state index in [0.29, 0.717) is 16.8 Å². The molecule has 0 saturated heterocycles. The maximum atomic E-state index is 12.3. The molecule has 24 heavy (non-hydrogen) atoms. The molecule has 126 valence electrons. The molecule has 1 aliphatic heterocycles. The van der Waals surface area contributed by atoms with Crippen LogP contribution >= 0.6 is 15.9 Å². The highest BCUT2D eigenvalue weighted by Gasteiger charge is 2.37. The second-order valence-corrected chi connectivity index (χ2v) is 6.94. The number of hydrogen-bond acceptors (Lipinski definition) is 4. The Morgan fingerprint density at radius 3 is 2.54 bits per heavy atom. The lowest BCUT2D eigenvalue weighted by Gasteiger charge is -2.17. The van der Waals surface area contributed by atoms with Crippen molar-refractivity contribution in [3.63, 3.8) is 0 Å². The molecule has 1 aromatic carbocycles. The van der Waals surface area contributed by atoms with Crippen LogP contribution < -0.4 is 5.32 Å². The third-order valence-electron chi connectivity index (χ3n) is 4.13. The molecule has 1 saturated carbocycles. The predicted octanol–water partition coefficient (Wildman–Crippen LogP) is 1.41. The molecule has 0 spiro atoms. The third kappa shape index (κ3) is 3.33. The largest absolute Gasteiger partial charge is 0.480 e. The molecule has 3 amide bonds. The van der Waals surface area contributed by atoms with Crippen LogP contribution in [0.3, 0.4) is 0 Å². The topological polar surface area (TPSA) is 104 Å². The number of carbonyl (C=O) groups is 4. The number of carbonyl (C=O) groups excluding carboxylic acids is 3. The Bertz CT molecular complexity index is 744. The minimum Gasteiger partial charge on any atom is -0.480 e. The van der Waals surface area contributed by atoms with Crippen molar-refractivity contribution < 1.29 is 24.3 Å². The maximum absolute atomic E-state index is 12.3. The fourth-order valence-electron chi connectivity index (χ4n) is 2.70. The first-order valence-electron chi connectivity index (χ1n) is 7.54. The van der Waals surface area contributed by atoms with Crippen molar-refractivity contribution in [2.24, 2.45) is 5.92 Å². The summed E-state index contributed by atoms with van der Waals surface area (Å²) in [7, 11) is 0. The van der Waals surface area contributed by atoms with Crippen molar-refractivity contribution in [3.8, 4) is 0 Å². The minimum absolute atomic E-state index is 0.231. The van der Waals surface area contributed by atoms with E-state index in [9.17, 15) is 19.2 Å². The highest BCUT2D eigenvalue weighted by Crippen LogP contribution is 2.33. The number of benzene rings is 1. The number of nitrogens with zero attached hydrogens (tertiary/aromatic N) is 1. The zero-order chi connectivity index (χ0) is 17.4. The number of carboxylic acid groups (broad SMARTS) is 1. The number of rotatable bonds is 6. The molecular formula is C16H15BrN2O5. The molecule has 2 N–H and O–H groups in total. The first kappa shape index (κ1) is 16.6. The Kier molecular flexibility index (Phi) is 4.40. The van der Waals surface area contributed by atoms with Gasteiger partial charge >= 0.3 is 5.97 Å². The van der Waals surface area contributed by atoms with Crippen LogP contribution in [0.2, 0.25) is 0 Å². The Balaban J connectivity index is 1.67. The van der Waals surface area contributed by atoms with Crippen LogP contribution in [0.25, 0.3) is 0 Å². The van der Waals surface area contributed by atoms with Gasteiger partial charge in [0, 0.05) is 4.47 Å². The molecule has 1 aliphatic carbocycles. The average Bonchev–Trinajstić information content (AvgIpc) is 3.31. The summed E-state index contributed by atoms with van der Waals surface area (Å²) in [6.45, 7) is -0.488. The first-order chi connectivity index (χ1) is 11.4. The van der Waals surface area contributed by atoms with Gasteiger partial charge in [0.05, 0.1) is 11.1 Å². The Morgan fingerprint density at radius 2 is 1.92 bits per heavy atom. The van der Waals surface area contributed by atoms with Crippen LogP contribution in [0.15, 0.2) is 22.7 Å². The van der Waals surface area contributed by atoms with E-state index in [1.54, 1.807) is 6.07 Å². The van der Waals surface area contributed by atoms with Gasteiger partial charge in [-0.2, -0.15) is 0 Å². The summed E-state index contributed by atoms with van der Waals surface area (Å²) in [6, 6.07) is 3.70. The number of aliphatic carboxylic acids is 1. The van der Waals surface area contributed by atoms with Crippen LogP contribution in [0, 0.1) is 5.92 Å². The molecule has 0 aromatic heterocycles. The van der Waals surface area contributed by atoms with Gasteiger partial charge in [-0.05, 0) is 30.5 Å². The summed E-state index contributed by atoms with van der Waals surface area (Å²) >= 11 is 3.23. The molecule has 1 fully saturated rings. The zero-order valence-electron chi connectivity index (χ0n) is 12.6. The molecule has 1 aromatic rings. The molecule has 8 heteroatoms. The fraction of sp³-hybridized carbons (Fsp3) is 0.375. The predicted molar refractivity (Wildman–Crippen MR) is 86.4 cm³/mol. The summed E-state index contributed by atoms with van der Waals surface area (Å²) in [6.07, 6.45) is 2.30. The molecule has 1 unspecified atom stereocenters. The lowest BCUT2D eigenvalue weighted by molar-refractivity contribution is -0.142. The maximum Gasteiger partial charge on any atom is 0.326 e. The van der Waals surface area contributed by atoms with Gasteiger partial charge in [0.1, 0.15) is 12.6 Å². The molecule has 2 aliphatic rings. The number of halogens is 1. The summed E-state index contributed by atoms with van der Waals surface area (Å²) in [4.78, 5) is 48.7. The summed E-state index contributed by atoms with van der Waals surface area (Å²) < 4.78 is 0.657. The number of carboxylic acids is 1. The second-order valence-electron chi connectivity index (χ2n) is 6.02. The van der Waals surface area contributed by atoms with Crippen molar-refractivity contribution in [1.29, 1.82) is 0 Å². The third-order valence-corrected chi connectivity index (χ3v) is 4.63. The fourth-order valence-corrected chi connectivity index (χ4v) is 3.06. The van der Waals surface area contributed by atoms with Crippen molar-refractivity contribution in [2.45, 2.75) is 25.3 Å². The number of imide groups is 1. The molecule has 3 rings (SSSR count). The lowest BCUT2D eigenvalue weighted by atomic mass is 10.1. The van der Waals surface area contributed by atoms with Gasteiger partial charge in [0.15, 0.2) is 0 Å². The van der Waals surface area contributed by atoms with Crippen LogP contribution in [0.5, 0.6) is 0 Å². The number of fused-ring (bicyclic) bond motifs is 1. The quantitative estimate of drug-likeness (QED) is 0.709. The van der Waals surface area contributed by atoms with Crippen molar-refractivity contribution in [3.05, 3.63) is 33.8 Å². The summed E-state index contributed by atoms with van der Waals surface area (Å²) in [5.74, 6) is -2.55. The molecule has 0 bridgehead atoms. The normalized spacial score (nSPS) is 17.6. The van der Waals surface area contributed by atoms with Gasteiger partial charge in [-0.1, -0.05) is 28.8 Å².